The minimum atomic E-state index is -0.237. The molecule has 0 saturated carbocycles. The van der Waals surface area contributed by atoms with Crippen LogP contribution in [0.5, 0.6) is 0 Å². The summed E-state index contributed by atoms with van der Waals surface area (Å²) in [7, 11) is 0. The number of hydrogen-bond donors (Lipinski definition) is 0. The fraction of sp³-hybridized carbons (Fsp3) is 0.375. The zero-order valence-electron chi connectivity index (χ0n) is 12.4. The maximum atomic E-state index is 12.3. The molecule has 1 aromatic rings. The van der Waals surface area contributed by atoms with Crippen LogP contribution in [0, 0.1) is 0 Å². The quantitative estimate of drug-likeness (QED) is 0.728. The molecule has 2 amide bonds. The molecule has 0 aromatic heterocycles. The molecule has 0 atom stereocenters. The van der Waals surface area contributed by atoms with Gasteiger partial charge in [0.2, 0.25) is 0 Å². The van der Waals surface area contributed by atoms with Gasteiger partial charge in [0.15, 0.2) is 0 Å². The smallest absolute Gasteiger partial charge is 0.261 e. The van der Waals surface area contributed by atoms with Gasteiger partial charge < -0.3 is 0 Å². The van der Waals surface area contributed by atoms with Crippen LogP contribution < -0.4 is 4.90 Å². The third-order valence-corrected chi connectivity index (χ3v) is 4.33. The molecular formula is C16H18BrNO2. The van der Waals surface area contributed by atoms with E-state index in [9.17, 15) is 9.59 Å². The zero-order valence-corrected chi connectivity index (χ0v) is 14.0. The lowest BCUT2D eigenvalue weighted by molar-refractivity contribution is -0.120. The fourth-order valence-electron chi connectivity index (χ4n) is 2.12. The summed E-state index contributed by atoms with van der Waals surface area (Å²) in [4.78, 5) is 25.8. The third kappa shape index (κ3) is 2.33. The van der Waals surface area contributed by atoms with Crippen LogP contribution in [-0.4, -0.2) is 11.8 Å². The SMILES string of the molecule is CC1=C(C)C(=O)N(c2cc(C(C)(C)C)ccc2Br)C1=O. The van der Waals surface area contributed by atoms with Gasteiger partial charge in [-0.25, -0.2) is 4.90 Å². The third-order valence-electron chi connectivity index (χ3n) is 3.66. The molecule has 0 bridgehead atoms. The molecule has 0 aliphatic carbocycles. The number of nitrogens with zero attached hydrogens (tertiary/aromatic N) is 1. The maximum Gasteiger partial charge on any atom is 0.261 e. The van der Waals surface area contributed by atoms with Crippen molar-refractivity contribution in [2.24, 2.45) is 0 Å². The van der Waals surface area contributed by atoms with Gasteiger partial charge in [0.1, 0.15) is 0 Å². The first-order valence-corrected chi connectivity index (χ1v) is 7.30. The van der Waals surface area contributed by atoms with Crippen molar-refractivity contribution in [2.45, 2.75) is 40.0 Å². The molecule has 0 fully saturated rings. The average molecular weight is 336 g/mol. The summed E-state index contributed by atoms with van der Waals surface area (Å²) >= 11 is 3.44. The molecule has 106 valence electrons. The van der Waals surface area contributed by atoms with Gasteiger partial charge in [-0.15, -0.1) is 0 Å². The molecule has 1 heterocycles. The Kier molecular flexibility index (Phi) is 3.63. The summed E-state index contributed by atoms with van der Waals surface area (Å²) in [6.45, 7) is 9.68. The molecule has 0 N–H and O–H groups in total. The number of rotatable bonds is 1. The monoisotopic (exact) mass is 335 g/mol. The Morgan fingerprint density at radius 3 is 1.95 bits per heavy atom. The van der Waals surface area contributed by atoms with Gasteiger partial charge in [-0.05, 0) is 52.9 Å². The van der Waals surface area contributed by atoms with Crippen molar-refractivity contribution in [1.29, 1.82) is 0 Å². The van der Waals surface area contributed by atoms with Gasteiger partial charge in [0.25, 0.3) is 11.8 Å². The van der Waals surface area contributed by atoms with Crippen LogP contribution >= 0.6 is 15.9 Å². The van der Waals surface area contributed by atoms with E-state index in [1.54, 1.807) is 13.8 Å². The van der Waals surface area contributed by atoms with Crippen LogP contribution in [0.3, 0.4) is 0 Å². The van der Waals surface area contributed by atoms with Crippen LogP contribution in [0.1, 0.15) is 40.2 Å². The molecule has 20 heavy (non-hydrogen) atoms. The van der Waals surface area contributed by atoms with E-state index in [4.69, 9.17) is 0 Å². The van der Waals surface area contributed by atoms with Crippen LogP contribution in [0.15, 0.2) is 33.8 Å². The van der Waals surface area contributed by atoms with E-state index in [0.717, 1.165) is 10.0 Å². The molecule has 0 radical (unpaired) electrons. The van der Waals surface area contributed by atoms with Gasteiger partial charge in [0, 0.05) is 15.6 Å². The Bertz CT molecular complexity index is 614. The van der Waals surface area contributed by atoms with Crippen molar-refractivity contribution in [1.82, 2.24) is 0 Å². The van der Waals surface area contributed by atoms with Crippen molar-refractivity contribution in [3.8, 4) is 0 Å². The van der Waals surface area contributed by atoms with Gasteiger partial charge >= 0.3 is 0 Å². The largest absolute Gasteiger partial charge is 0.269 e. The number of carbonyl (C=O) groups excluding carboxylic acids is 2. The molecule has 2 rings (SSSR count). The summed E-state index contributed by atoms with van der Waals surface area (Å²) in [5.41, 5.74) is 2.69. The molecule has 1 aromatic carbocycles. The standard InChI is InChI=1S/C16H18BrNO2/c1-9-10(2)15(20)18(14(9)19)13-8-11(16(3,4)5)6-7-12(13)17/h6-8H,1-5H3. The minimum absolute atomic E-state index is 0.0429. The lowest BCUT2D eigenvalue weighted by Crippen LogP contribution is -2.32. The second-order valence-electron chi connectivity index (χ2n) is 6.11. The summed E-state index contributed by atoms with van der Waals surface area (Å²) < 4.78 is 0.745. The number of anilines is 1. The van der Waals surface area contributed by atoms with Crippen LogP contribution in [0.2, 0.25) is 0 Å². The van der Waals surface area contributed by atoms with E-state index in [1.807, 2.05) is 18.2 Å². The molecule has 0 spiro atoms. The average Bonchev–Trinajstić information content (AvgIpc) is 2.54. The molecule has 1 aliphatic heterocycles. The number of carbonyl (C=O) groups is 2. The first kappa shape index (κ1) is 15.0. The van der Waals surface area contributed by atoms with Crippen molar-refractivity contribution < 1.29 is 9.59 Å². The Morgan fingerprint density at radius 2 is 1.50 bits per heavy atom. The van der Waals surface area contributed by atoms with Crippen LogP contribution in [-0.2, 0) is 15.0 Å². The van der Waals surface area contributed by atoms with Crippen molar-refractivity contribution in [3.63, 3.8) is 0 Å². The number of imide groups is 1. The fourth-order valence-corrected chi connectivity index (χ4v) is 2.54. The predicted octanol–water partition coefficient (Wildman–Crippen LogP) is 3.96. The van der Waals surface area contributed by atoms with E-state index in [-0.39, 0.29) is 17.2 Å². The highest BCUT2D eigenvalue weighted by atomic mass is 79.9. The summed E-state index contributed by atoms with van der Waals surface area (Å²) in [6, 6.07) is 5.80. The van der Waals surface area contributed by atoms with Gasteiger partial charge in [-0.2, -0.15) is 0 Å². The van der Waals surface area contributed by atoms with Crippen molar-refractivity contribution in [2.75, 3.05) is 4.90 Å². The van der Waals surface area contributed by atoms with Crippen LogP contribution in [0.4, 0.5) is 5.69 Å². The highest BCUT2D eigenvalue weighted by Gasteiger charge is 2.35. The van der Waals surface area contributed by atoms with E-state index in [0.29, 0.717) is 16.8 Å². The lowest BCUT2D eigenvalue weighted by atomic mass is 9.87. The zero-order chi connectivity index (χ0) is 15.2. The normalized spacial score (nSPS) is 16.4. The van der Waals surface area contributed by atoms with Gasteiger partial charge in [-0.1, -0.05) is 26.8 Å². The van der Waals surface area contributed by atoms with Gasteiger partial charge in [-0.3, -0.25) is 9.59 Å². The minimum Gasteiger partial charge on any atom is -0.269 e. The Morgan fingerprint density at radius 1 is 1.00 bits per heavy atom. The van der Waals surface area contributed by atoms with Crippen molar-refractivity contribution >= 4 is 33.4 Å². The second-order valence-corrected chi connectivity index (χ2v) is 6.97. The van der Waals surface area contributed by atoms with E-state index in [2.05, 4.69) is 36.7 Å². The van der Waals surface area contributed by atoms with Crippen LogP contribution in [0.25, 0.3) is 0 Å². The highest BCUT2D eigenvalue weighted by molar-refractivity contribution is 9.10. The molecule has 0 unspecified atom stereocenters. The lowest BCUT2D eigenvalue weighted by Gasteiger charge is -2.23. The van der Waals surface area contributed by atoms with Crippen molar-refractivity contribution in [3.05, 3.63) is 39.4 Å². The second kappa shape index (κ2) is 4.85. The number of benzene rings is 1. The first-order valence-electron chi connectivity index (χ1n) is 6.51. The van der Waals surface area contributed by atoms with Gasteiger partial charge in [0.05, 0.1) is 5.69 Å². The van der Waals surface area contributed by atoms with E-state index < -0.39 is 0 Å². The van der Waals surface area contributed by atoms with E-state index >= 15 is 0 Å². The maximum absolute atomic E-state index is 12.3. The summed E-state index contributed by atoms with van der Waals surface area (Å²) in [6.07, 6.45) is 0. The topological polar surface area (TPSA) is 37.4 Å². The Labute approximate surface area is 127 Å². The summed E-state index contributed by atoms with van der Waals surface area (Å²) in [5.74, 6) is -0.474. The Balaban J connectivity index is 2.55. The van der Waals surface area contributed by atoms with E-state index in [1.165, 1.54) is 4.90 Å². The molecular weight excluding hydrogens is 318 g/mol. The molecule has 4 heteroatoms. The number of hydrogen-bond acceptors (Lipinski definition) is 2. The molecule has 0 saturated heterocycles. The molecule has 1 aliphatic rings. The molecule has 3 nitrogen and oxygen atoms in total. The Hall–Kier alpha value is -1.42. The predicted molar refractivity (Wildman–Crippen MR) is 83.7 cm³/mol. The number of amides is 2. The summed E-state index contributed by atoms with van der Waals surface area (Å²) in [5, 5.41) is 0. The highest BCUT2D eigenvalue weighted by Crippen LogP contribution is 2.36. The number of halogens is 1. The first-order chi connectivity index (χ1) is 9.14.